The summed E-state index contributed by atoms with van der Waals surface area (Å²) in [4.78, 5) is 2.68. The van der Waals surface area contributed by atoms with Crippen molar-refractivity contribution in [1.29, 1.82) is 0 Å². The Bertz CT molecular complexity index is 193. The third kappa shape index (κ3) is 6.42. The summed E-state index contributed by atoms with van der Waals surface area (Å²) in [5.74, 6) is 2.59. The molecule has 1 fully saturated rings. The van der Waals surface area contributed by atoms with Crippen LogP contribution in [-0.2, 0) is 0 Å². The Labute approximate surface area is 108 Å². The van der Waals surface area contributed by atoms with E-state index in [4.69, 9.17) is 5.73 Å². The molecular formula is C15H32N2. The van der Waals surface area contributed by atoms with Crippen molar-refractivity contribution in [3.05, 3.63) is 0 Å². The van der Waals surface area contributed by atoms with Gasteiger partial charge >= 0.3 is 0 Å². The van der Waals surface area contributed by atoms with Gasteiger partial charge in [0.15, 0.2) is 0 Å². The Hall–Kier alpha value is -0.0800. The van der Waals surface area contributed by atoms with Crippen molar-refractivity contribution in [2.75, 3.05) is 19.6 Å². The fourth-order valence-corrected chi connectivity index (χ4v) is 3.26. The quantitative estimate of drug-likeness (QED) is 0.773. The zero-order valence-electron chi connectivity index (χ0n) is 12.3. The summed E-state index contributed by atoms with van der Waals surface area (Å²) in [5, 5.41) is 0. The molecule has 0 amide bonds. The van der Waals surface area contributed by atoms with Crippen molar-refractivity contribution in [3.8, 4) is 0 Å². The van der Waals surface area contributed by atoms with E-state index in [9.17, 15) is 0 Å². The Kier molecular flexibility index (Phi) is 6.50. The van der Waals surface area contributed by atoms with E-state index in [1.807, 2.05) is 0 Å². The SMILES string of the molecule is CC(N)CCCC(C)CN1CC(C)CC(C)C1. The van der Waals surface area contributed by atoms with Crippen molar-refractivity contribution < 1.29 is 0 Å². The molecule has 0 aromatic heterocycles. The minimum Gasteiger partial charge on any atom is -0.328 e. The third-order valence-electron chi connectivity index (χ3n) is 3.87. The predicted molar refractivity (Wildman–Crippen MR) is 76.0 cm³/mol. The lowest BCUT2D eigenvalue weighted by Gasteiger charge is -2.36. The van der Waals surface area contributed by atoms with Gasteiger partial charge in [0.05, 0.1) is 0 Å². The molecule has 17 heavy (non-hydrogen) atoms. The molecular weight excluding hydrogens is 208 g/mol. The van der Waals surface area contributed by atoms with Crippen molar-refractivity contribution in [2.24, 2.45) is 23.5 Å². The Morgan fingerprint density at radius 1 is 1.12 bits per heavy atom. The number of hydrogen-bond donors (Lipinski definition) is 1. The summed E-state index contributed by atoms with van der Waals surface area (Å²) < 4.78 is 0. The molecule has 0 saturated carbocycles. The lowest BCUT2D eigenvalue weighted by molar-refractivity contribution is 0.122. The van der Waals surface area contributed by atoms with Crippen molar-refractivity contribution in [3.63, 3.8) is 0 Å². The molecule has 1 saturated heterocycles. The van der Waals surface area contributed by atoms with Crippen LogP contribution >= 0.6 is 0 Å². The van der Waals surface area contributed by atoms with Crippen LogP contribution in [0.25, 0.3) is 0 Å². The van der Waals surface area contributed by atoms with E-state index in [2.05, 4.69) is 32.6 Å². The molecule has 1 heterocycles. The molecule has 0 spiro atoms. The monoisotopic (exact) mass is 240 g/mol. The lowest BCUT2D eigenvalue weighted by Crippen LogP contribution is -2.40. The number of piperidine rings is 1. The van der Waals surface area contributed by atoms with Gasteiger partial charge in [0, 0.05) is 25.7 Å². The van der Waals surface area contributed by atoms with E-state index >= 15 is 0 Å². The second-order valence-corrected chi connectivity index (χ2v) is 6.68. The van der Waals surface area contributed by atoms with Crippen molar-refractivity contribution in [2.45, 2.75) is 59.4 Å². The minimum atomic E-state index is 0.372. The maximum absolute atomic E-state index is 5.79. The van der Waals surface area contributed by atoms with Crippen LogP contribution in [0.5, 0.6) is 0 Å². The minimum absolute atomic E-state index is 0.372. The van der Waals surface area contributed by atoms with Crippen LogP contribution in [0.15, 0.2) is 0 Å². The highest BCUT2D eigenvalue weighted by Gasteiger charge is 2.22. The maximum Gasteiger partial charge on any atom is 0.00104 e. The highest BCUT2D eigenvalue weighted by atomic mass is 15.1. The third-order valence-corrected chi connectivity index (χ3v) is 3.87. The molecule has 0 bridgehead atoms. The number of rotatable bonds is 6. The van der Waals surface area contributed by atoms with E-state index in [1.54, 1.807) is 0 Å². The smallest absolute Gasteiger partial charge is 0.00104 e. The van der Waals surface area contributed by atoms with Gasteiger partial charge in [-0.2, -0.15) is 0 Å². The molecule has 1 rings (SSSR count). The Morgan fingerprint density at radius 3 is 2.24 bits per heavy atom. The van der Waals surface area contributed by atoms with E-state index in [0.717, 1.165) is 17.8 Å². The van der Waals surface area contributed by atoms with E-state index in [-0.39, 0.29) is 0 Å². The van der Waals surface area contributed by atoms with Gasteiger partial charge in [0.2, 0.25) is 0 Å². The summed E-state index contributed by atoms with van der Waals surface area (Å²) in [6, 6.07) is 0.372. The Balaban J connectivity index is 2.18. The first-order valence-electron chi connectivity index (χ1n) is 7.45. The molecule has 1 aliphatic rings. The lowest BCUT2D eigenvalue weighted by atomic mass is 9.91. The molecule has 2 nitrogen and oxygen atoms in total. The van der Waals surface area contributed by atoms with E-state index in [0.29, 0.717) is 6.04 Å². The molecule has 0 aromatic rings. The van der Waals surface area contributed by atoms with Crippen molar-refractivity contribution >= 4 is 0 Å². The van der Waals surface area contributed by atoms with Crippen LogP contribution in [0.2, 0.25) is 0 Å². The zero-order chi connectivity index (χ0) is 12.8. The molecule has 0 aromatic carbocycles. The van der Waals surface area contributed by atoms with Gasteiger partial charge in [-0.3, -0.25) is 0 Å². The number of hydrogen-bond acceptors (Lipinski definition) is 2. The second-order valence-electron chi connectivity index (χ2n) is 6.68. The van der Waals surface area contributed by atoms with Gasteiger partial charge in [-0.15, -0.1) is 0 Å². The molecule has 2 heteroatoms. The standard InChI is InChI=1S/C15H32N2/c1-12(6-5-7-15(4)16)9-17-10-13(2)8-14(3)11-17/h12-15H,5-11,16H2,1-4H3. The van der Waals surface area contributed by atoms with Gasteiger partial charge in [0.1, 0.15) is 0 Å². The molecule has 4 unspecified atom stereocenters. The second kappa shape index (κ2) is 7.38. The average Bonchev–Trinajstić information content (AvgIpc) is 2.14. The van der Waals surface area contributed by atoms with Gasteiger partial charge in [-0.1, -0.05) is 27.2 Å². The predicted octanol–water partition coefficient (Wildman–Crippen LogP) is 3.12. The van der Waals surface area contributed by atoms with Crippen LogP contribution in [0.3, 0.4) is 0 Å². The van der Waals surface area contributed by atoms with Crippen LogP contribution in [-0.4, -0.2) is 30.6 Å². The maximum atomic E-state index is 5.79. The number of nitrogens with two attached hydrogens (primary N) is 1. The van der Waals surface area contributed by atoms with Gasteiger partial charge in [0.25, 0.3) is 0 Å². The van der Waals surface area contributed by atoms with Crippen LogP contribution in [0.1, 0.15) is 53.4 Å². The van der Waals surface area contributed by atoms with Crippen LogP contribution in [0, 0.1) is 17.8 Å². The normalized spacial score (nSPS) is 30.2. The fraction of sp³-hybridized carbons (Fsp3) is 1.00. The van der Waals surface area contributed by atoms with Crippen molar-refractivity contribution in [1.82, 2.24) is 4.90 Å². The molecule has 2 N–H and O–H groups in total. The largest absolute Gasteiger partial charge is 0.328 e. The highest BCUT2D eigenvalue weighted by Crippen LogP contribution is 2.22. The summed E-state index contributed by atoms with van der Waals surface area (Å²) in [6.07, 6.45) is 5.21. The van der Waals surface area contributed by atoms with Gasteiger partial charge < -0.3 is 10.6 Å². The first kappa shape index (κ1) is 15.0. The van der Waals surface area contributed by atoms with E-state index < -0.39 is 0 Å². The number of nitrogens with zero attached hydrogens (tertiary/aromatic N) is 1. The molecule has 4 atom stereocenters. The topological polar surface area (TPSA) is 29.3 Å². The molecule has 0 radical (unpaired) electrons. The Morgan fingerprint density at radius 2 is 1.71 bits per heavy atom. The highest BCUT2D eigenvalue weighted by molar-refractivity contribution is 4.76. The first-order valence-corrected chi connectivity index (χ1v) is 7.45. The van der Waals surface area contributed by atoms with Crippen LogP contribution < -0.4 is 5.73 Å². The summed E-state index contributed by atoms with van der Waals surface area (Å²) in [5.41, 5.74) is 5.79. The molecule has 1 aliphatic heterocycles. The first-order chi connectivity index (χ1) is 7.97. The van der Waals surface area contributed by atoms with E-state index in [1.165, 1.54) is 45.3 Å². The summed E-state index contributed by atoms with van der Waals surface area (Å²) >= 11 is 0. The fourth-order valence-electron chi connectivity index (χ4n) is 3.26. The molecule has 0 aliphatic carbocycles. The molecule has 102 valence electrons. The van der Waals surface area contributed by atoms with Gasteiger partial charge in [-0.05, 0) is 43.9 Å². The van der Waals surface area contributed by atoms with Gasteiger partial charge in [-0.25, -0.2) is 0 Å². The zero-order valence-corrected chi connectivity index (χ0v) is 12.3. The summed E-state index contributed by atoms with van der Waals surface area (Å²) in [7, 11) is 0. The number of likely N-dealkylation sites (tertiary alicyclic amines) is 1. The summed E-state index contributed by atoms with van der Waals surface area (Å²) in [6.45, 7) is 13.2. The van der Waals surface area contributed by atoms with Crippen LogP contribution in [0.4, 0.5) is 0 Å². The average molecular weight is 240 g/mol.